The second-order valence-electron chi connectivity index (χ2n) is 4.18. The Hall–Kier alpha value is -1.20. The minimum absolute atomic E-state index is 0.102. The number of halogens is 2. The van der Waals surface area contributed by atoms with Gasteiger partial charge in [0.05, 0.1) is 0 Å². The minimum atomic E-state index is -2.79. The molecule has 1 rings (SSSR count). The van der Waals surface area contributed by atoms with Gasteiger partial charge >= 0.3 is 6.61 Å². The second kappa shape index (κ2) is 7.28. The fourth-order valence-corrected chi connectivity index (χ4v) is 1.95. The summed E-state index contributed by atoms with van der Waals surface area (Å²) in [6.45, 7) is 0.746. The van der Waals surface area contributed by atoms with Crippen LogP contribution in [0.4, 0.5) is 8.78 Å². The van der Waals surface area contributed by atoms with Gasteiger partial charge in [-0.3, -0.25) is 4.90 Å². The van der Waals surface area contributed by atoms with E-state index in [1.807, 2.05) is 7.05 Å². The molecule has 5 heteroatoms. The SMILES string of the molecule is CCCN(C)C(CN)c1ccc(OC(F)F)cc1. The van der Waals surface area contributed by atoms with Crippen molar-refractivity contribution in [3.8, 4) is 5.75 Å². The normalized spacial score (nSPS) is 13.1. The first kappa shape index (κ1) is 14.9. The standard InChI is InChI=1S/C13H20F2N2O/c1-3-8-17(2)12(9-16)10-4-6-11(7-5-10)18-13(14)15/h4-7,12-13H,3,8-9,16H2,1-2H3. The molecule has 0 fully saturated rings. The molecule has 0 aliphatic carbocycles. The van der Waals surface area contributed by atoms with Crippen molar-refractivity contribution in [2.24, 2.45) is 5.73 Å². The van der Waals surface area contributed by atoms with Crippen molar-refractivity contribution in [1.29, 1.82) is 0 Å². The minimum Gasteiger partial charge on any atom is -0.435 e. The summed E-state index contributed by atoms with van der Waals surface area (Å²) in [4.78, 5) is 2.16. The van der Waals surface area contributed by atoms with E-state index in [4.69, 9.17) is 5.73 Å². The number of hydrogen-bond acceptors (Lipinski definition) is 3. The maximum absolute atomic E-state index is 12.0. The van der Waals surface area contributed by atoms with Gasteiger partial charge in [0.25, 0.3) is 0 Å². The van der Waals surface area contributed by atoms with E-state index in [0.29, 0.717) is 6.54 Å². The molecule has 102 valence electrons. The van der Waals surface area contributed by atoms with Crippen LogP contribution in [0.25, 0.3) is 0 Å². The van der Waals surface area contributed by atoms with Crippen LogP contribution in [0.2, 0.25) is 0 Å². The molecule has 0 amide bonds. The van der Waals surface area contributed by atoms with Gasteiger partial charge in [0.15, 0.2) is 0 Å². The van der Waals surface area contributed by atoms with Gasteiger partial charge in [-0.2, -0.15) is 8.78 Å². The highest BCUT2D eigenvalue weighted by Gasteiger charge is 2.14. The molecule has 1 atom stereocenters. The van der Waals surface area contributed by atoms with E-state index < -0.39 is 6.61 Å². The lowest BCUT2D eigenvalue weighted by molar-refractivity contribution is -0.0498. The zero-order chi connectivity index (χ0) is 13.5. The molecule has 1 aromatic rings. The Kier molecular flexibility index (Phi) is 6.01. The summed E-state index contributed by atoms with van der Waals surface area (Å²) in [7, 11) is 2.00. The molecule has 2 N–H and O–H groups in total. The first-order valence-corrected chi connectivity index (χ1v) is 6.03. The molecule has 0 bridgehead atoms. The van der Waals surface area contributed by atoms with Gasteiger partial charge in [0.1, 0.15) is 5.75 Å². The van der Waals surface area contributed by atoms with Gasteiger partial charge in [-0.1, -0.05) is 19.1 Å². The van der Waals surface area contributed by atoms with Crippen molar-refractivity contribution in [3.05, 3.63) is 29.8 Å². The lowest BCUT2D eigenvalue weighted by atomic mass is 10.1. The van der Waals surface area contributed by atoms with Crippen LogP contribution in [0.5, 0.6) is 5.75 Å². The number of hydrogen-bond donors (Lipinski definition) is 1. The summed E-state index contributed by atoms with van der Waals surface area (Å²) in [5, 5.41) is 0. The summed E-state index contributed by atoms with van der Waals surface area (Å²) < 4.78 is 28.4. The smallest absolute Gasteiger partial charge is 0.387 e. The molecule has 0 spiro atoms. The van der Waals surface area contributed by atoms with E-state index in [0.717, 1.165) is 18.5 Å². The maximum atomic E-state index is 12.0. The third-order valence-electron chi connectivity index (χ3n) is 2.82. The van der Waals surface area contributed by atoms with Crippen molar-refractivity contribution in [2.75, 3.05) is 20.1 Å². The number of ether oxygens (including phenoxy) is 1. The molecule has 0 aliphatic rings. The average molecular weight is 258 g/mol. The molecule has 1 aromatic carbocycles. The monoisotopic (exact) mass is 258 g/mol. The zero-order valence-electron chi connectivity index (χ0n) is 10.8. The third kappa shape index (κ3) is 4.23. The Labute approximate surface area is 107 Å². The highest BCUT2D eigenvalue weighted by atomic mass is 19.3. The van der Waals surface area contributed by atoms with Crippen molar-refractivity contribution in [1.82, 2.24) is 4.90 Å². The van der Waals surface area contributed by atoms with Gasteiger partial charge in [0, 0.05) is 12.6 Å². The highest BCUT2D eigenvalue weighted by molar-refractivity contribution is 5.29. The van der Waals surface area contributed by atoms with E-state index in [-0.39, 0.29) is 11.8 Å². The lowest BCUT2D eigenvalue weighted by Crippen LogP contribution is -2.31. The lowest BCUT2D eigenvalue weighted by Gasteiger charge is -2.27. The van der Waals surface area contributed by atoms with Crippen LogP contribution in [0, 0.1) is 0 Å². The van der Waals surface area contributed by atoms with Crippen LogP contribution in [0.3, 0.4) is 0 Å². The molecular weight excluding hydrogens is 238 g/mol. The average Bonchev–Trinajstić information content (AvgIpc) is 2.32. The number of benzene rings is 1. The van der Waals surface area contributed by atoms with Crippen molar-refractivity contribution < 1.29 is 13.5 Å². The molecular formula is C13H20F2N2O. The van der Waals surface area contributed by atoms with E-state index in [9.17, 15) is 8.78 Å². The quantitative estimate of drug-likeness (QED) is 0.817. The summed E-state index contributed by atoms with van der Waals surface area (Å²) in [6, 6.07) is 6.75. The van der Waals surface area contributed by atoms with Crippen molar-refractivity contribution in [2.45, 2.75) is 26.0 Å². The second-order valence-corrected chi connectivity index (χ2v) is 4.18. The molecule has 18 heavy (non-hydrogen) atoms. The Bertz CT molecular complexity index is 343. The van der Waals surface area contributed by atoms with Gasteiger partial charge in [-0.25, -0.2) is 0 Å². The molecule has 0 aliphatic heterocycles. The summed E-state index contributed by atoms with van der Waals surface area (Å²) in [5.41, 5.74) is 6.77. The van der Waals surface area contributed by atoms with Crippen LogP contribution in [-0.2, 0) is 0 Å². The Morgan fingerprint density at radius 1 is 1.28 bits per heavy atom. The van der Waals surface area contributed by atoms with Gasteiger partial charge in [-0.05, 0) is 37.7 Å². The fourth-order valence-electron chi connectivity index (χ4n) is 1.95. The molecule has 0 heterocycles. The van der Waals surface area contributed by atoms with Gasteiger partial charge in [-0.15, -0.1) is 0 Å². The Morgan fingerprint density at radius 2 is 1.89 bits per heavy atom. The summed E-state index contributed by atoms with van der Waals surface area (Å²) >= 11 is 0. The topological polar surface area (TPSA) is 38.5 Å². The molecule has 3 nitrogen and oxygen atoms in total. The van der Waals surface area contributed by atoms with E-state index >= 15 is 0 Å². The summed E-state index contributed by atoms with van der Waals surface area (Å²) in [5.74, 6) is 0.169. The van der Waals surface area contributed by atoms with E-state index in [2.05, 4.69) is 16.6 Å². The molecule has 0 radical (unpaired) electrons. The van der Waals surface area contributed by atoms with E-state index in [1.54, 1.807) is 24.3 Å². The molecule has 0 saturated carbocycles. The number of rotatable bonds is 7. The number of nitrogens with zero attached hydrogens (tertiary/aromatic N) is 1. The molecule has 0 aromatic heterocycles. The highest BCUT2D eigenvalue weighted by Crippen LogP contribution is 2.22. The van der Waals surface area contributed by atoms with Crippen LogP contribution < -0.4 is 10.5 Å². The van der Waals surface area contributed by atoms with Crippen LogP contribution in [-0.4, -0.2) is 31.6 Å². The third-order valence-corrected chi connectivity index (χ3v) is 2.82. The Balaban J connectivity index is 2.75. The van der Waals surface area contributed by atoms with Crippen LogP contribution in [0.1, 0.15) is 24.9 Å². The number of likely N-dealkylation sites (N-methyl/N-ethyl adjacent to an activating group) is 1. The van der Waals surface area contributed by atoms with Gasteiger partial charge in [0.2, 0.25) is 0 Å². The van der Waals surface area contributed by atoms with Crippen molar-refractivity contribution in [3.63, 3.8) is 0 Å². The first-order chi connectivity index (χ1) is 8.58. The first-order valence-electron chi connectivity index (χ1n) is 6.03. The van der Waals surface area contributed by atoms with E-state index in [1.165, 1.54) is 0 Å². The molecule has 1 unspecified atom stereocenters. The largest absolute Gasteiger partial charge is 0.435 e. The Morgan fingerprint density at radius 3 is 2.33 bits per heavy atom. The summed E-state index contributed by atoms with van der Waals surface area (Å²) in [6.07, 6.45) is 1.04. The predicted molar refractivity (Wildman–Crippen MR) is 67.8 cm³/mol. The number of nitrogens with two attached hydrogens (primary N) is 1. The van der Waals surface area contributed by atoms with Crippen molar-refractivity contribution >= 4 is 0 Å². The fraction of sp³-hybridized carbons (Fsp3) is 0.538. The maximum Gasteiger partial charge on any atom is 0.387 e. The zero-order valence-corrected chi connectivity index (χ0v) is 10.8. The van der Waals surface area contributed by atoms with Gasteiger partial charge < -0.3 is 10.5 Å². The molecule has 0 saturated heterocycles. The number of alkyl halides is 2. The predicted octanol–water partition coefficient (Wildman–Crippen LogP) is 2.63. The van der Waals surface area contributed by atoms with Crippen LogP contribution in [0.15, 0.2) is 24.3 Å². The van der Waals surface area contributed by atoms with Crippen LogP contribution >= 0.6 is 0 Å².